The zero-order valence-electron chi connectivity index (χ0n) is 21.7. The number of carbonyl (C=O) groups is 1. The van der Waals surface area contributed by atoms with Crippen molar-refractivity contribution in [3.63, 3.8) is 0 Å². The number of ether oxygens (including phenoxy) is 3. The van der Waals surface area contributed by atoms with Crippen LogP contribution in [-0.4, -0.2) is 32.2 Å². The van der Waals surface area contributed by atoms with E-state index in [1.54, 1.807) is 68.8 Å². The molecule has 0 fully saturated rings. The Labute approximate surface area is 227 Å². The summed E-state index contributed by atoms with van der Waals surface area (Å²) in [5, 5.41) is 4.14. The number of amides is 1. The van der Waals surface area contributed by atoms with Crippen LogP contribution >= 0.6 is 0 Å². The van der Waals surface area contributed by atoms with Crippen LogP contribution in [-0.2, 0) is 10.9 Å². The summed E-state index contributed by atoms with van der Waals surface area (Å²) in [6.07, 6.45) is -3.46. The molecule has 6 nitrogen and oxygen atoms in total. The lowest BCUT2D eigenvalue weighted by molar-refractivity contribution is -0.137. The molecule has 10 heteroatoms. The summed E-state index contributed by atoms with van der Waals surface area (Å²) < 4.78 is 69.0. The van der Waals surface area contributed by atoms with Gasteiger partial charge in [0.05, 0.1) is 24.4 Å². The first kappa shape index (κ1) is 28.3. The fourth-order valence-corrected chi connectivity index (χ4v) is 3.97. The number of nitrogens with zero attached hydrogens (tertiary/aromatic N) is 1. The Morgan fingerprint density at radius 1 is 0.850 bits per heavy atom. The Hall–Kier alpha value is -4.70. The van der Waals surface area contributed by atoms with Gasteiger partial charge in [-0.2, -0.15) is 13.2 Å². The minimum atomic E-state index is -4.53. The molecule has 0 spiro atoms. The van der Waals surface area contributed by atoms with Crippen molar-refractivity contribution in [1.29, 1.82) is 0 Å². The zero-order chi connectivity index (χ0) is 28.9. The number of benzene rings is 4. The largest absolute Gasteiger partial charge is 0.497 e. The molecular formula is C30H24F4N2O4. The number of fused-ring (bicyclic) bond motifs is 2. The van der Waals surface area contributed by atoms with E-state index >= 15 is 0 Å². The zero-order valence-corrected chi connectivity index (χ0v) is 21.7. The number of hydrogen-bond donors (Lipinski definition) is 1. The average molecular weight is 553 g/mol. The Bertz CT molecular complexity index is 1670. The second-order valence-electron chi connectivity index (χ2n) is 8.55. The van der Waals surface area contributed by atoms with Crippen LogP contribution in [0.5, 0.6) is 17.2 Å². The van der Waals surface area contributed by atoms with Gasteiger partial charge >= 0.3 is 6.18 Å². The summed E-state index contributed by atoms with van der Waals surface area (Å²) in [4.78, 5) is 17.0. The van der Waals surface area contributed by atoms with Crippen molar-refractivity contribution in [3.05, 3.63) is 102 Å². The third-order valence-corrected chi connectivity index (χ3v) is 5.75. The molecule has 0 aliphatic carbocycles. The maximum absolute atomic E-state index is 14.6. The van der Waals surface area contributed by atoms with Crippen LogP contribution < -0.4 is 14.8 Å². The monoisotopic (exact) mass is 552 g/mol. The van der Waals surface area contributed by atoms with Crippen LogP contribution in [0.1, 0.15) is 15.9 Å². The van der Waals surface area contributed by atoms with Gasteiger partial charge in [-0.1, -0.05) is 18.2 Å². The number of methoxy groups -OCH3 is 2. The van der Waals surface area contributed by atoms with E-state index in [1.807, 2.05) is 0 Å². The van der Waals surface area contributed by atoms with Crippen LogP contribution in [0.4, 0.5) is 23.2 Å². The second-order valence-corrected chi connectivity index (χ2v) is 8.55. The Kier molecular flexibility index (Phi) is 8.49. The summed E-state index contributed by atoms with van der Waals surface area (Å²) in [6, 6.07) is 19.2. The van der Waals surface area contributed by atoms with Crippen LogP contribution in [0.2, 0.25) is 0 Å². The lowest BCUT2D eigenvalue weighted by Gasteiger charge is -2.13. The molecule has 0 radical (unpaired) electrons. The lowest BCUT2D eigenvalue weighted by Crippen LogP contribution is -2.13. The van der Waals surface area contributed by atoms with Crippen molar-refractivity contribution >= 4 is 33.3 Å². The summed E-state index contributed by atoms with van der Waals surface area (Å²) in [5.74, 6) is -0.333. The average Bonchev–Trinajstić information content (AvgIpc) is 2.94. The van der Waals surface area contributed by atoms with E-state index in [9.17, 15) is 22.4 Å². The maximum atomic E-state index is 14.6. The topological polar surface area (TPSA) is 69.7 Å². The molecule has 1 heterocycles. The molecule has 0 unspecified atom stereocenters. The molecule has 0 aliphatic rings. The van der Waals surface area contributed by atoms with Crippen molar-refractivity contribution in [1.82, 2.24) is 4.98 Å². The van der Waals surface area contributed by atoms with Gasteiger partial charge < -0.3 is 19.5 Å². The molecular weight excluding hydrogens is 528 g/mol. The minimum Gasteiger partial charge on any atom is -0.497 e. The molecule has 1 aromatic heterocycles. The predicted octanol–water partition coefficient (Wildman–Crippen LogP) is 7.86. The van der Waals surface area contributed by atoms with Gasteiger partial charge in [0.25, 0.3) is 5.91 Å². The fourth-order valence-electron chi connectivity index (χ4n) is 3.97. The number of halogens is 4. The van der Waals surface area contributed by atoms with Gasteiger partial charge in [-0.25, -0.2) is 4.39 Å². The summed E-state index contributed by atoms with van der Waals surface area (Å²) in [6.45, 7) is 0. The number of aromatic nitrogens is 1. The standard InChI is InChI=1S/C28H18F4N2O3.C2H6O/c1-36-19-8-11-23-25(14-19)33-15-24(29)26(23)37-20-9-10-21-16(12-20)4-2-7-22(21)27(35)34-18-6-3-5-17(13-18)28(30,31)32;1-3-2/h2-15H,1H3,(H,34,35);1-2H3. The van der Waals surface area contributed by atoms with Crippen molar-refractivity contribution in [2.24, 2.45) is 0 Å². The second kappa shape index (κ2) is 12.0. The molecule has 206 valence electrons. The van der Waals surface area contributed by atoms with Crippen molar-refractivity contribution < 1.29 is 36.6 Å². The number of nitrogens with one attached hydrogen (secondary N) is 1. The number of hydrogen-bond acceptors (Lipinski definition) is 5. The molecule has 0 atom stereocenters. The molecule has 0 saturated carbocycles. The number of rotatable bonds is 5. The minimum absolute atomic E-state index is 0.00885. The molecule has 5 rings (SSSR count). The molecule has 0 aliphatic heterocycles. The third-order valence-electron chi connectivity index (χ3n) is 5.75. The molecule has 5 aromatic rings. The van der Waals surface area contributed by atoms with Crippen LogP contribution in [0.25, 0.3) is 21.7 Å². The first-order valence-corrected chi connectivity index (χ1v) is 11.9. The van der Waals surface area contributed by atoms with E-state index in [-0.39, 0.29) is 17.0 Å². The van der Waals surface area contributed by atoms with Crippen LogP contribution in [0, 0.1) is 5.82 Å². The van der Waals surface area contributed by atoms with Gasteiger partial charge in [-0.05, 0) is 65.4 Å². The number of pyridine rings is 1. The van der Waals surface area contributed by atoms with Crippen molar-refractivity contribution in [3.8, 4) is 17.2 Å². The highest BCUT2D eigenvalue weighted by molar-refractivity contribution is 6.13. The fraction of sp³-hybridized carbons (Fsp3) is 0.133. The van der Waals surface area contributed by atoms with E-state index in [2.05, 4.69) is 15.0 Å². The molecule has 40 heavy (non-hydrogen) atoms. The Morgan fingerprint density at radius 3 is 2.27 bits per heavy atom. The summed E-state index contributed by atoms with van der Waals surface area (Å²) >= 11 is 0. The summed E-state index contributed by atoms with van der Waals surface area (Å²) in [5.41, 5.74) is -0.0908. The van der Waals surface area contributed by atoms with E-state index < -0.39 is 23.5 Å². The normalized spacial score (nSPS) is 11.1. The van der Waals surface area contributed by atoms with Gasteiger partial charge in [0.2, 0.25) is 0 Å². The van der Waals surface area contributed by atoms with Crippen LogP contribution in [0.15, 0.2) is 85.1 Å². The van der Waals surface area contributed by atoms with Gasteiger partial charge in [0.15, 0.2) is 11.6 Å². The Morgan fingerprint density at radius 2 is 1.55 bits per heavy atom. The number of alkyl halides is 3. The maximum Gasteiger partial charge on any atom is 0.416 e. The SMILES string of the molecule is COC.COc1ccc2c(Oc3ccc4c(C(=O)Nc5cccc(C(F)(F)F)c5)cccc4c3)c(F)cnc2c1. The molecule has 1 amide bonds. The van der Waals surface area contributed by atoms with Gasteiger partial charge in [0, 0.05) is 36.9 Å². The highest BCUT2D eigenvalue weighted by atomic mass is 19.4. The molecule has 0 saturated heterocycles. The van der Waals surface area contributed by atoms with Crippen LogP contribution in [0.3, 0.4) is 0 Å². The van der Waals surface area contributed by atoms with Crippen molar-refractivity contribution in [2.75, 3.05) is 26.6 Å². The smallest absolute Gasteiger partial charge is 0.416 e. The lowest BCUT2D eigenvalue weighted by atomic mass is 10.0. The first-order valence-electron chi connectivity index (χ1n) is 11.9. The molecule has 4 aromatic carbocycles. The van der Waals surface area contributed by atoms with Crippen molar-refractivity contribution in [2.45, 2.75) is 6.18 Å². The van der Waals surface area contributed by atoms with Gasteiger partial charge in [-0.3, -0.25) is 9.78 Å². The molecule has 0 bridgehead atoms. The van der Waals surface area contributed by atoms with E-state index in [4.69, 9.17) is 9.47 Å². The van der Waals surface area contributed by atoms with E-state index in [0.717, 1.165) is 18.3 Å². The molecule has 1 N–H and O–H groups in total. The quantitative estimate of drug-likeness (QED) is 0.225. The highest BCUT2D eigenvalue weighted by Crippen LogP contribution is 2.35. The number of carbonyl (C=O) groups excluding carboxylic acids is 1. The van der Waals surface area contributed by atoms with E-state index in [1.165, 1.54) is 19.2 Å². The van der Waals surface area contributed by atoms with Gasteiger partial charge in [0.1, 0.15) is 11.5 Å². The Balaban J connectivity index is 0.00000118. The van der Waals surface area contributed by atoms with Gasteiger partial charge in [-0.15, -0.1) is 0 Å². The summed E-state index contributed by atoms with van der Waals surface area (Å²) in [7, 11) is 4.77. The number of anilines is 1. The predicted molar refractivity (Wildman–Crippen MR) is 145 cm³/mol. The first-order chi connectivity index (χ1) is 19.1. The highest BCUT2D eigenvalue weighted by Gasteiger charge is 2.30. The van der Waals surface area contributed by atoms with E-state index in [0.29, 0.717) is 33.2 Å². The third kappa shape index (κ3) is 6.29.